The van der Waals surface area contributed by atoms with E-state index in [1.165, 1.54) is 35.5 Å². The zero-order valence-corrected chi connectivity index (χ0v) is 14.6. The van der Waals surface area contributed by atoms with E-state index in [1.807, 2.05) is 0 Å². The summed E-state index contributed by atoms with van der Waals surface area (Å²) in [6.07, 6.45) is 0. The molecule has 1 N–H and O–H groups in total. The Hall–Kier alpha value is -2.32. The number of anilines is 1. The predicted octanol–water partition coefficient (Wildman–Crippen LogP) is 3.13. The molecule has 8 heteroatoms. The third kappa shape index (κ3) is 4.61. The second-order valence-electron chi connectivity index (χ2n) is 5.38. The molecule has 0 aliphatic carbocycles. The molecule has 0 atom stereocenters. The number of sulfonamides is 1. The number of hydrogen-bond acceptors (Lipinski definition) is 3. The Morgan fingerprint density at radius 2 is 1.76 bits per heavy atom. The van der Waals surface area contributed by atoms with Crippen molar-refractivity contribution in [2.45, 2.75) is 25.3 Å². The topological polar surface area (TPSA) is 66.5 Å². The van der Waals surface area contributed by atoms with Gasteiger partial charge in [-0.15, -0.1) is 0 Å². The summed E-state index contributed by atoms with van der Waals surface area (Å²) in [6, 6.07) is 8.72. The zero-order chi connectivity index (χ0) is 18.6. The highest BCUT2D eigenvalue weighted by Crippen LogP contribution is 2.23. The highest BCUT2D eigenvalue weighted by molar-refractivity contribution is 7.89. The zero-order valence-electron chi connectivity index (χ0n) is 13.8. The van der Waals surface area contributed by atoms with Gasteiger partial charge < -0.3 is 5.32 Å². The first-order valence-corrected chi connectivity index (χ1v) is 8.99. The fourth-order valence-electron chi connectivity index (χ4n) is 2.26. The molecule has 2 aromatic carbocycles. The van der Waals surface area contributed by atoms with Gasteiger partial charge in [0, 0.05) is 20.0 Å². The van der Waals surface area contributed by atoms with Gasteiger partial charge >= 0.3 is 0 Å². The van der Waals surface area contributed by atoms with Crippen LogP contribution >= 0.6 is 0 Å². The number of nitrogens with zero attached hydrogens (tertiary/aromatic N) is 1. The smallest absolute Gasteiger partial charge is 0.243 e. The molecule has 0 heterocycles. The first-order valence-electron chi connectivity index (χ1n) is 7.55. The van der Waals surface area contributed by atoms with Crippen LogP contribution in [-0.2, 0) is 21.4 Å². The first-order chi connectivity index (χ1) is 11.7. The lowest BCUT2D eigenvalue weighted by Gasteiger charge is -2.21. The largest absolute Gasteiger partial charge is 0.324 e. The van der Waals surface area contributed by atoms with Gasteiger partial charge in [0.2, 0.25) is 15.9 Å². The first kappa shape index (κ1) is 19.0. The molecule has 1 amide bonds. The maximum Gasteiger partial charge on any atom is 0.243 e. The van der Waals surface area contributed by atoms with E-state index in [1.54, 1.807) is 6.92 Å². The maximum absolute atomic E-state index is 13.7. The van der Waals surface area contributed by atoms with Crippen molar-refractivity contribution in [1.29, 1.82) is 0 Å². The van der Waals surface area contributed by atoms with E-state index in [9.17, 15) is 22.0 Å². The number of halogens is 2. The van der Waals surface area contributed by atoms with Gasteiger partial charge in [0.05, 0.1) is 10.6 Å². The van der Waals surface area contributed by atoms with Gasteiger partial charge in [-0.1, -0.05) is 19.1 Å². The molecule has 0 fully saturated rings. The summed E-state index contributed by atoms with van der Waals surface area (Å²) in [5.74, 6) is -1.64. The molecule has 0 unspecified atom stereocenters. The van der Waals surface area contributed by atoms with E-state index in [0.717, 1.165) is 18.2 Å². The average Bonchev–Trinajstić information content (AvgIpc) is 2.55. The molecule has 0 spiro atoms. The lowest BCUT2D eigenvalue weighted by molar-refractivity contribution is -0.114. The van der Waals surface area contributed by atoms with Gasteiger partial charge in [0.1, 0.15) is 11.6 Å². The van der Waals surface area contributed by atoms with Crippen LogP contribution in [0.25, 0.3) is 0 Å². The molecule has 0 saturated carbocycles. The van der Waals surface area contributed by atoms with Crippen molar-refractivity contribution in [2.75, 3.05) is 11.9 Å². The van der Waals surface area contributed by atoms with E-state index in [2.05, 4.69) is 5.32 Å². The van der Waals surface area contributed by atoms with Crippen LogP contribution in [-0.4, -0.2) is 25.2 Å². The van der Waals surface area contributed by atoms with Crippen LogP contribution in [0.2, 0.25) is 0 Å². The van der Waals surface area contributed by atoms with E-state index >= 15 is 0 Å². The fourth-order valence-corrected chi connectivity index (χ4v) is 3.72. The third-order valence-electron chi connectivity index (χ3n) is 3.51. The van der Waals surface area contributed by atoms with Gasteiger partial charge in [-0.05, 0) is 35.9 Å². The third-order valence-corrected chi connectivity index (χ3v) is 5.43. The Bertz CT molecular complexity index is 868. The average molecular weight is 368 g/mol. The van der Waals surface area contributed by atoms with Crippen LogP contribution in [0.4, 0.5) is 14.5 Å². The second kappa shape index (κ2) is 7.71. The minimum absolute atomic E-state index is 0.0476. The number of hydrogen-bond donors (Lipinski definition) is 1. The van der Waals surface area contributed by atoms with Crippen molar-refractivity contribution in [3.8, 4) is 0 Å². The molecule has 0 aromatic heterocycles. The molecule has 2 aromatic rings. The van der Waals surface area contributed by atoms with E-state index in [4.69, 9.17) is 0 Å². The number of rotatable bonds is 6. The fraction of sp³-hybridized carbons (Fsp3) is 0.235. The molecule has 25 heavy (non-hydrogen) atoms. The predicted molar refractivity (Wildman–Crippen MR) is 90.4 cm³/mol. The molecule has 0 aliphatic heterocycles. The number of nitrogens with one attached hydrogen (secondary N) is 1. The minimum Gasteiger partial charge on any atom is -0.324 e. The van der Waals surface area contributed by atoms with Crippen LogP contribution in [0.3, 0.4) is 0 Å². The summed E-state index contributed by atoms with van der Waals surface area (Å²) in [5, 5.41) is 2.26. The highest BCUT2D eigenvalue weighted by Gasteiger charge is 2.24. The monoisotopic (exact) mass is 368 g/mol. The second-order valence-corrected chi connectivity index (χ2v) is 7.32. The van der Waals surface area contributed by atoms with Crippen molar-refractivity contribution in [3.63, 3.8) is 0 Å². The van der Waals surface area contributed by atoms with Crippen LogP contribution in [0.15, 0.2) is 47.4 Å². The SMILES string of the molecule is CCN(Cc1ccc(F)cc1)S(=O)(=O)c1ccc(F)c(NC(C)=O)c1. The molecule has 134 valence electrons. The van der Waals surface area contributed by atoms with Gasteiger partial charge in [0.25, 0.3) is 0 Å². The summed E-state index contributed by atoms with van der Waals surface area (Å²) in [6.45, 7) is 3.09. The Kier molecular flexibility index (Phi) is 5.86. The summed E-state index contributed by atoms with van der Waals surface area (Å²) >= 11 is 0. The van der Waals surface area contributed by atoms with Gasteiger partial charge in [-0.2, -0.15) is 4.31 Å². The summed E-state index contributed by atoms with van der Waals surface area (Å²) in [4.78, 5) is 11.0. The van der Waals surface area contributed by atoms with Crippen molar-refractivity contribution >= 4 is 21.6 Å². The van der Waals surface area contributed by atoms with Crippen molar-refractivity contribution in [1.82, 2.24) is 4.31 Å². The molecule has 0 bridgehead atoms. The quantitative estimate of drug-likeness (QED) is 0.852. The lowest BCUT2D eigenvalue weighted by Crippen LogP contribution is -2.30. The van der Waals surface area contributed by atoms with E-state index in [0.29, 0.717) is 5.56 Å². The number of carbonyl (C=O) groups is 1. The standard InChI is InChI=1S/C17H18F2N2O3S/c1-3-21(11-13-4-6-14(18)7-5-13)25(23,24)15-8-9-16(19)17(10-15)20-12(2)22/h4-10H,3,11H2,1-2H3,(H,20,22). The Balaban J connectivity index is 2.34. The van der Waals surface area contributed by atoms with E-state index in [-0.39, 0.29) is 23.7 Å². The highest BCUT2D eigenvalue weighted by atomic mass is 32.2. The van der Waals surface area contributed by atoms with Gasteiger partial charge in [-0.25, -0.2) is 17.2 Å². The molecule has 5 nitrogen and oxygen atoms in total. The number of amides is 1. The molecule has 0 radical (unpaired) electrons. The minimum atomic E-state index is -3.91. The maximum atomic E-state index is 13.7. The summed E-state index contributed by atoms with van der Waals surface area (Å²) in [5.41, 5.74) is 0.419. The molecular weight excluding hydrogens is 350 g/mol. The molecule has 0 saturated heterocycles. The summed E-state index contributed by atoms with van der Waals surface area (Å²) in [7, 11) is -3.91. The normalized spacial score (nSPS) is 11.6. The summed E-state index contributed by atoms with van der Waals surface area (Å²) < 4.78 is 53.5. The Morgan fingerprint density at radius 3 is 2.32 bits per heavy atom. The van der Waals surface area contributed by atoms with Gasteiger partial charge in [-0.3, -0.25) is 4.79 Å². The van der Waals surface area contributed by atoms with Crippen molar-refractivity contribution in [3.05, 3.63) is 59.7 Å². The van der Waals surface area contributed by atoms with Crippen LogP contribution in [0.1, 0.15) is 19.4 Å². The number of carbonyl (C=O) groups excluding carboxylic acids is 1. The van der Waals surface area contributed by atoms with Crippen molar-refractivity contribution in [2.24, 2.45) is 0 Å². The Labute approximate surface area is 145 Å². The van der Waals surface area contributed by atoms with Gasteiger partial charge in [0.15, 0.2) is 0 Å². The Morgan fingerprint density at radius 1 is 1.12 bits per heavy atom. The number of benzene rings is 2. The van der Waals surface area contributed by atoms with Crippen LogP contribution in [0, 0.1) is 11.6 Å². The molecule has 2 rings (SSSR count). The molecule has 0 aliphatic rings. The lowest BCUT2D eigenvalue weighted by atomic mass is 10.2. The van der Waals surface area contributed by atoms with E-state index < -0.39 is 27.6 Å². The molecular formula is C17H18F2N2O3S. The van der Waals surface area contributed by atoms with Crippen molar-refractivity contribution < 1.29 is 22.0 Å². The van der Waals surface area contributed by atoms with Crippen LogP contribution < -0.4 is 5.32 Å². The van der Waals surface area contributed by atoms with Crippen LogP contribution in [0.5, 0.6) is 0 Å².